The monoisotopic (exact) mass is 286 g/mol. The van der Waals surface area contributed by atoms with E-state index in [1.54, 1.807) is 11.8 Å². The molecule has 1 aromatic carbocycles. The van der Waals surface area contributed by atoms with E-state index in [9.17, 15) is 4.79 Å². The van der Waals surface area contributed by atoms with Crippen molar-refractivity contribution in [2.24, 2.45) is 0 Å². The number of carbonyl (C=O) groups excluding carboxylic acids is 1. The van der Waals surface area contributed by atoms with Gasteiger partial charge in [-0.1, -0.05) is 34.1 Å². The molecule has 4 heteroatoms. The molecule has 2 nitrogen and oxygen atoms in total. The number of carbonyl (C=O) groups is 1. The van der Waals surface area contributed by atoms with Crippen LogP contribution in [0, 0.1) is 0 Å². The predicted octanol–water partition coefficient (Wildman–Crippen LogP) is 2.86. The van der Waals surface area contributed by atoms with Crippen molar-refractivity contribution in [3.05, 3.63) is 30.3 Å². The van der Waals surface area contributed by atoms with Crippen molar-refractivity contribution in [3.63, 3.8) is 0 Å². The van der Waals surface area contributed by atoms with Gasteiger partial charge in [0, 0.05) is 10.2 Å². The van der Waals surface area contributed by atoms with Crippen LogP contribution in [0.4, 0.5) is 0 Å². The minimum atomic E-state index is -0.0899. The Balaban J connectivity index is 2.03. The Morgan fingerprint density at radius 1 is 1.40 bits per heavy atom. The van der Waals surface area contributed by atoms with Gasteiger partial charge in [-0.2, -0.15) is 0 Å². The van der Waals surface area contributed by atoms with E-state index in [2.05, 4.69) is 28.1 Å². The van der Waals surface area contributed by atoms with Crippen molar-refractivity contribution in [3.8, 4) is 0 Å². The summed E-state index contributed by atoms with van der Waals surface area (Å²) in [6.45, 7) is 0. The van der Waals surface area contributed by atoms with Crippen LogP contribution in [-0.2, 0) is 9.53 Å². The molecule has 1 aliphatic rings. The minimum Gasteiger partial charge on any atom is -0.460 e. The average Bonchev–Trinajstić information content (AvgIpc) is 2.60. The lowest BCUT2D eigenvalue weighted by molar-refractivity contribution is -0.140. The van der Waals surface area contributed by atoms with E-state index in [4.69, 9.17) is 4.74 Å². The molecule has 0 saturated carbocycles. The first kappa shape index (κ1) is 11.0. The molecule has 1 heterocycles. The van der Waals surface area contributed by atoms with Crippen molar-refractivity contribution >= 4 is 33.7 Å². The number of esters is 1. The summed E-state index contributed by atoms with van der Waals surface area (Å²) in [6, 6.07) is 10.1. The summed E-state index contributed by atoms with van der Waals surface area (Å²) < 4.78 is 5.19. The standard InChI is InChI=1S/C11H11BrO2S/c12-7-9-10(6-11(13)14-9)15-8-4-2-1-3-5-8/h1-5,9-10H,6-7H2. The van der Waals surface area contributed by atoms with Crippen molar-refractivity contribution in [1.82, 2.24) is 0 Å². The van der Waals surface area contributed by atoms with Gasteiger partial charge >= 0.3 is 5.97 Å². The Morgan fingerprint density at radius 3 is 2.80 bits per heavy atom. The molecule has 1 aliphatic heterocycles. The van der Waals surface area contributed by atoms with E-state index in [1.807, 2.05) is 18.2 Å². The molecule has 1 aromatic rings. The zero-order valence-corrected chi connectivity index (χ0v) is 10.5. The molecule has 80 valence electrons. The summed E-state index contributed by atoms with van der Waals surface area (Å²) in [5, 5.41) is 0.947. The van der Waals surface area contributed by atoms with Crippen molar-refractivity contribution < 1.29 is 9.53 Å². The average molecular weight is 287 g/mol. The van der Waals surface area contributed by atoms with Gasteiger partial charge in [-0.05, 0) is 12.1 Å². The Bertz CT molecular complexity index is 342. The molecule has 0 N–H and O–H groups in total. The molecule has 0 radical (unpaired) electrons. The van der Waals surface area contributed by atoms with Crippen molar-refractivity contribution in [2.75, 3.05) is 5.33 Å². The summed E-state index contributed by atoms with van der Waals surface area (Å²) >= 11 is 5.08. The molecule has 2 rings (SSSR count). The summed E-state index contributed by atoms with van der Waals surface area (Å²) in [6.07, 6.45) is 0.512. The molecule has 1 fully saturated rings. The van der Waals surface area contributed by atoms with E-state index in [-0.39, 0.29) is 17.3 Å². The number of benzene rings is 1. The first-order valence-corrected chi connectivity index (χ1v) is 6.77. The fourth-order valence-corrected chi connectivity index (χ4v) is 3.53. The number of cyclic esters (lactones) is 1. The molecular formula is C11H11BrO2S. The number of ether oxygens (including phenoxy) is 1. The summed E-state index contributed by atoms with van der Waals surface area (Å²) in [4.78, 5) is 12.3. The molecule has 1 saturated heterocycles. The van der Waals surface area contributed by atoms with Crippen LogP contribution in [0.1, 0.15) is 6.42 Å². The van der Waals surface area contributed by atoms with Gasteiger partial charge in [0.05, 0.1) is 11.7 Å². The maximum absolute atomic E-state index is 11.2. The van der Waals surface area contributed by atoms with Gasteiger partial charge in [0.1, 0.15) is 6.10 Å². The van der Waals surface area contributed by atoms with Gasteiger partial charge in [-0.15, -0.1) is 11.8 Å². The molecule has 0 spiro atoms. The highest BCUT2D eigenvalue weighted by Gasteiger charge is 2.34. The first-order chi connectivity index (χ1) is 7.29. The topological polar surface area (TPSA) is 26.3 Å². The lowest BCUT2D eigenvalue weighted by atomic mass is 10.2. The Labute approximate surface area is 102 Å². The van der Waals surface area contributed by atoms with Crippen molar-refractivity contribution in [2.45, 2.75) is 22.7 Å². The van der Waals surface area contributed by atoms with Gasteiger partial charge in [0.2, 0.25) is 0 Å². The quantitative estimate of drug-likeness (QED) is 0.631. The van der Waals surface area contributed by atoms with Crippen LogP contribution in [0.25, 0.3) is 0 Å². The number of rotatable bonds is 3. The predicted molar refractivity (Wildman–Crippen MR) is 64.4 cm³/mol. The smallest absolute Gasteiger partial charge is 0.307 e. The van der Waals surface area contributed by atoms with Crippen LogP contribution in [-0.4, -0.2) is 22.7 Å². The summed E-state index contributed by atoms with van der Waals surface area (Å²) in [5.74, 6) is -0.0899. The van der Waals surface area contributed by atoms with Gasteiger partial charge in [-0.3, -0.25) is 4.79 Å². The number of thioether (sulfide) groups is 1. The maximum Gasteiger partial charge on any atom is 0.307 e. The third kappa shape index (κ3) is 2.75. The SMILES string of the molecule is O=C1CC(Sc2ccccc2)C(CBr)O1. The molecule has 0 aromatic heterocycles. The normalized spacial score (nSPS) is 25.3. The number of alkyl halides is 1. The molecule has 15 heavy (non-hydrogen) atoms. The Kier molecular flexibility index (Phi) is 3.70. The van der Waals surface area contributed by atoms with Gasteiger partial charge < -0.3 is 4.74 Å². The van der Waals surface area contributed by atoms with Crippen LogP contribution in [0.3, 0.4) is 0 Å². The molecule has 0 bridgehead atoms. The fraction of sp³-hybridized carbons (Fsp3) is 0.364. The molecule has 0 amide bonds. The lowest BCUT2D eigenvalue weighted by Gasteiger charge is -2.14. The van der Waals surface area contributed by atoms with Crippen LogP contribution in [0.15, 0.2) is 35.2 Å². The third-order valence-corrected chi connectivity index (χ3v) is 4.20. The molecule has 0 aliphatic carbocycles. The summed E-state index contributed by atoms with van der Waals surface area (Å²) in [5.41, 5.74) is 0. The largest absolute Gasteiger partial charge is 0.460 e. The molecular weight excluding hydrogens is 276 g/mol. The van der Waals surface area contributed by atoms with Gasteiger partial charge in [0.15, 0.2) is 0 Å². The van der Waals surface area contributed by atoms with E-state index in [0.29, 0.717) is 11.8 Å². The Hall–Kier alpha value is -0.480. The Morgan fingerprint density at radius 2 is 2.13 bits per heavy atom. The maximum atomic E-state index is 11.2. The zero-order chi connectivity index (χ0) is 10.7. The van der Waals surface area contributed by atoms with E-state index in [1.165, 1.54) is 4.90 Å². The van der Waals surface area contributed by atoms with Crippen molar-refractivity contribution in [1.29, 1.82) is 0 Å². The number of halogens is 1. The van der Waals surface area contributed by atoms with Crippen LogP contribution < -0.4 is 0 Å². The minimum absolute atomic E-state index is 0.00251. The summed E-state index contributed by atoms with van der Waals surface area (Å²) in [7, 11) is 0. The van der Waals surface area contributed by atoms with Crippen LogP contribution >= 0.6 is 27.7 Å². The first-order valence-electron chi connectivity index (χ1n) is 4.77. The highest BCUT2D eigenvalue weighted by molar-refractivity contribution is 9.09. The second kappa shape index (κ2) is 5.03. The second-order valence-electron chi connectivity index (χ2n) is 3.36. The fourth-order valence-electron chi connectivity index (χ4n) is 1.51. The third-order valence-electron chi connectivity index (χ3n) is 2.25. The molecule has 2 atom stereocenters. The lowest BCUT2D eigenvalue weighted by Crippen LogP contribution is -2.19. The van der Waals surface area contributed by atoms with Crippen LogP contribution in [0.5, 0.6) is 0 Å². The van der Waals surface area contributed by atoms with Gasteiger partial charge in [0.25, 0.3) is 0 Å². The van der Waals surface area contributed by atoms with E-state index < -0.39 is 0 Å². The number of hydrogen-bond acceptors (Lipinski definition) is 3. The van der Waals surface area contributed by atoms with E-state index in [0.717, 1.165) is 0 Å². The number of hydrogen-bond donors (Lipinski definition) is 0. The molecule has 2 unspecified atom stereocenters. The second-order valence-corrected chi connectivity index (χ2v) is 5.32. The van der Waals surface area contributed by atoms with E-state index >= 15 is 0 Å². The highest BCUT2D eigenvalue weighted by Crippen LogP contribution is 2.33. The highest BCUT2D eigenvalue weighted by atomic mass is 79.9. The van der Waals surface area contributed by atoms with Gasteiger partial charge in [-0.25, -0.2) is 0 Å². The zero-order valence-electron chi connectivity index (χ0n) is 8.06. The van der Waals surface area contributed by atoms with Crippen LogP contribution in [0.2, 0.25) is 0 Å².